The van der Waals surface area contributed by atoms with Crippen molar-refractivity contribution in [2.75, 3.05) is 11.5 Å². The molecule has 0 fully saturated rings. The fraction of sp³-hybridized carbons (Fsp3) is 0.182. The van der Waals surface area contributed by atoms with E-state index in [0.717, 1.165) is 17.1 Å². The van der Waals surface area contributed by atoms with Gasteiger partial charge in [0, 0.05) is 10.9 Å². The molecule has 4 rings (SSSR count). The maximum Gasteiger partial charge on any atom is 0.272 e. The van der Waals surface area contributed by atoms with Crippen molar-refractivity contribution in [3.05, 3.63) is 75.7 Å². The first-order valence-electron chi connectivity index (χ1n) is 9.24. The molecule has 29 heavy (non-hydrogen) atoms. The Labute approximate surface area is 177 Å². The van der Waals surface area contributed by atoms with Crippen LogP contribution in [0.25, 0.3) is 5.57 Å². The third-order valence-electron chi connectivity index (χ3n) is 4.30. The molecular formula is C22H19NO4S2. The van der Waals surface area contributed by atoms with Gasteiger partial charge in [-0.1, -0.05) is 19.1 Å². The quantitative estimate of drug-likeness (QED) is 0.456. The number of nitrogens with zero attached hydrogens (tertiary/aromatic N) is 1. The number of carbonyl (C=O) groups is 2. The second-order valence-electron chi connectivity index (χ2n) is 6.34. The third-order valence-corrected chi connectivity index (χ3v) is 6.28. The predicted molar refractivity (Wildman–Crippen MR) is 116 cm³/mol. The molecule has 2 amide bonds. The number of hydrogen-bond acceptors (Lipinski definition) is 6. The summed E-state index contributed by atoms with van der Waals surface area (Å²) in [5.41, 5.74) is 0.956. The second kappa shape index (κ2) is 8.71. The van der Waals surface area contributed by atoms with Gasteiger partial charge in [-0.3, -0.25) is 9.59 Å². The van der Waals surface area contributed by atoms with Crippen molar-refractivity contribution in [2.45, 2.75) is 19.1 Å². The van der Waals surface area contributed by atoms with Crippen LogP contribution >= 0.6 is 23.1 Å². The molecule has 7 heteroatoms. The van der Waals surface area contributed by atoms with Crippen molar-refractivity contribution >= 4 is 46.2 Å². The van der Waals surface area contributed by atoms with E-state index in [-0.39, 0.29) is 11.8 Å². The van der Waals surface area contributed by atoms with Crippen LogP contribution in [0.3, 0.4) is 0 Å². The van der Waals surface area contributed by atoms with E-state index < -0.39 is 0 Å². The highest BCUT2D eigenvalue weighted by molar-refractivity contribution is 8.03. The first-order valence-corrected chi connectivity index (χ1v) is 11.1. The molecule has 0 spiro atoms. The minimum atomic E-state index is -0.317. The fourth-order valence-electron chi connectivity index (χ4n) is 2.99. The molecular weight excluding hydrogens is 406 g/mol. The summed E-state index contributed by atoms with van der Waals surface area (Å²) < 4.78 is 11.0. The lowest BCUT2D eigenvalue weighted by molar-refractivity contribution is -0.119. The van der Waals surface area contributed by atoms with Gasteiger partial charge in [-0.25, -0.2) is 4.90 Å². The van der Waals surface area contributed by atoms with Crippen LogP contribution in [0.15, 0.2) is 69.5 Å². The number of thiophene rings is 1. The number of furan rings is 1. The smallest absolute Gasteiger partial charge is 0.272 e. The number of amides is 2. The molecule has 1 aliphatic rings. The number of ether oxygens (including phenoxy) is 1. The summed E-state index contributed by atoms with van der Waals surface area (Å²) in [5.74, 6) is 1.24. The van der Waals surface area contributed by atoms with E-state index in [2.05, 4.69) is 0 Å². The van der Waals surface area contributed by atoms with E-state index in [0.29, 0.717) is 34.3 Å². The van der Waals surface area contributed by atoms with E-state index in [1.54, 1.807) is 30.5 Å². The van der Waals surface area contributed by atoms with Crippen LogP contribution in [-0.4, -0.2) is 18.4 Å². The van der Waals surface area contributed by atoms with Crippen LogP contribution < -0.4 is 9.64 Å². The lowest BCUT2D eigenvalue weighted by Crippen LogP contribution is -2.31. The third kappa shape index (κ3) is 4.02. The fourth-order valence-corrected chi connectivity index (χ4v) is 4.83. The van der Waals surface area contributed by atoms with Crippen molar-refractivity contribution < 1.29 is 18.7 Å². The minimum Gasteiger partial charge on any atom is -0.494 e. The molecule has 3 heterocycles. The largest absolute Gasteiger partial charge is 0.494 e. The van der Waals surface area contributed by atoms with Gasteiger partial charge in [0.05, 0.1) is 34.8 Å². The maximum absolute atomic E-state index is 13.3. The van der Waals surface area contributed by atoms with Gasteiger partial charge < -0.3 is 9.15 Å². The molecule has 0 bridgehead atoms. The first kappa shape index (κ1) is 19.5. The minimum absolute atomic E-state index is 0.313. The molecule has 148 valence electrons. The summed E-state index contributed by atoms with van der Waals surface area (Å²) in [6, 6.07) is 14.5. The van der Waals surface area contributed by atoms with Gasteiger partial charge in [0.25, 0.3) is 11.8 Å². The molecule has 2 aromatic heterocycles. The summed E-state index contributed by atoms with van der Waals surface area (Å²) in [7, 11) is 0. The monoisotopic (exact) mass is 425 g/mol. The second-order valence-corrected chi connectivity index (χ2v) is 8.27. The zero-order chi connectivity index (χ0) is 20.2. The van der Waals surface area contributed by atoms with Crippen LogP contribution in [-0.2, 0) is 15.3 Å². The maximum atomic E-state index is 13.3. The Balaban J connectivity index is 1.67. The summed E-state index contributed by atoms with van der Waals surface area (Å²) >= 11 is 2.77. The number of anilines is 1. The number of thioether (sulfide) groups is 1. The lowest BCUT2D eigenvalue weighted by Gasteiger charge is -2.16. The molecule has 0 saturated heterocycles. The Morgan fingerprint density at radius 3 is 2.72 bits per heavy atom. The van der Waals surface area contributed by atoms with E-state index in [1.807, 2.05) is 36.6 Å². The Hall–Kier alpha value is -2.77. The highest BCUT2D eigenvalue weighted by Gasteiger charge is 2.40. The van der Waals surface area contributed by atoms with Crippen molar-refractivity contribution in [3.8, 4) is 5.75 Å². The van der Waals surface area contributed by atoms with E-state index >= 15 is 0 Å². The van der Waals surface area contributed by atoms with Gasteiger partial charge in [-0.05, 0) is 42.1 Å². The van der Waals surface area contributed by atoms with Crippen LogP contribution in [0.4, 0.5) is 5.69 Å². The average molecular weight is 426 g/mol. The summed E-state index contributed by atoms with van der Waals surface area (Å²) in [4.78, 5) is 29.0. The number of carbonyl (C=O) groups excluding carboxylic acids is 2. The number of hydrogen-bond donors (Lipinski definition) is 0. The van der Waals surface area contributed by atoms with Gasteiger partial charge in [-0.2, -0.15) is 0 Å². The van der Waals surface area contributed by atoms with Gasteiger partial charge in [0.1, 0.15) is 11.5 Å². The number of imide groups is 1. The van der Waals surface area contributed by atoms with Crippen LogP contribution in [0.5, 0.6) is 5.75 Å². The zero-order valence-electron chi connectivity index (χ0n) is 15.8. The first-order chi connectivity index (χ1) is 14.2. The van der Waals surface area contributed by atoms with Gasteiger partial charge in [0.2, 0.25) is 0 Å². The molecule has 0 N–H and O–H groups in total. The molecule has 0 aliphatic carbocycles. The van der Waals surface area contributed by atoms with Crippen molar-refractivity contribution in [3.63, 3.8) is 0 Å². The Bertz CT molecular complexity index is 1040. The highest BCUT2D eigenvalue weighted by atomic mass is 32.2. The average Bonchev–Trinajstić information content (AvgIpc) is 3.47. The Kier molecular flexibility index (Phi) is 5.87. The molecule has 5 nitrogen and oxygen atoms in total. The van der Waals surface area contributed by atoms with Crippen molar-refractivity contribution in [2.24, 2.45) is 0 Å². The molecule has 3 aromatic rings. The standard InChI is InChI=1S/C22H19NO4S2/c1-2-10-26-16-7-3-6-15(13-16)23-21(24)19(18-9-5-12-28-18)20(22(23)25)29-14-17-8-4-11-27-17/h3-9,11-13H,2,10,14H2,1H3. The molecule has 0 unspecified atom stereocenters. The van der Waals surface area contributed by atoms with Gasteiger partial charge >= 0.3 is 0 Å². The normalized spacial score (nSPS) is 14.2. The SMILES string of the molecule is CCCOc1cccc(N2C(=O)C(SCc3ccco3)=C(c3cccs3)C2=O)c1. The van der Waals surface area contributed by atoms with E-state index in [9.17, 15) is 9.59 Å². The predicted octanol–water partition coefficient (Wildman–Crippen LogP) is 5.35. The van der Waals surface area contributed by atoms with Gasteiger partial charge in [0.15, 0.2) is 0 Å². The summed E-state index contributed by atoms with van der Waals surface area (Å²) in [6.07, 6.45) is 2.48. The topological polar surface area (TPSA) is 59.8 Å². The van der Waals surface area contributed by atoms with E-state index in [4.69, 9.17) is 9.15 Å². The molecule has 0 saturated carbocycles. The molecule has 1 aliphatic heterocycles. The number of rotatable bonds is 8. The van der Waals surface area contributed by atoms with Crippen LogP contribution in [0, 0.1) is 0 Å². The molecule has 0 radical (unpaired) electrons. The summed E-state index contributed by atoms with van der Waals surface area (Å²) in [6.45, 7) is 2.60. The highest BCUT2D eigenvalue weighted by Crippen LogP contribution is 2.41. The molecule has 0 atom stereocenters. The zero-order valence-corrected chi connectivity index (χ0v) is 17.4. The Morgan fingerprint density at radius 1 is 1.10 bits per heavy atom. The van der Waals surface area contributed by atoms with E-state index in [1.165, 1.54) is 28.0 Å². The number of benzene rings is 1. The summed E-state index contributed by atoms with van der Waals surface area (Å²) in [5, 5.41) is 1.90. The van der Waals surface area contributed by atoms with Crippen molar-refractivity contribution in [1.29, 1.82) is 0 Å². The molecule has 1 aromatic carbocycles. The Morgan fingerprint density at radius 2 is 2.00 bits per heavy atom. The van der Waals surface area contributed by atoms with Crippen LogP contribution in [0.2, 0.25) is 0 Å². The van der Waals surface area contributed by atoms with Gasteiger partial charge in [-0.15, -0.1) is 23.1 Å². The lowest BCUT2D eigenvalue weighted by atomic mass is 10.2. The van der Waals surface area contributed by atoms with Crippen LogP contribution in [0.1, 0.15) is 24.0 Å². The van der Waals surface area contributed by atoms with Crippen molar-refractivity contribution in [1.82, 2.24) is 0 Å².